The maximum absolute atomic E-state index is 11.7. The predicted octanol–water partition coefficient (Wildman–Crippen LogP) is 2.24. The summed E-state index contributed by atoms with van der Waals surface area (Å²) < 4.78 is 5.91. The number of carboxylic acids is 1. The Labute approximate surface area is 136 Å². The minimum atomic E-state index is -0.926. The summed E-state index contributed by atoms with van der Waals surface area (Å²) >= 11 is 0. The number of nitrogens with one attached hydrogen (secondary N) is 2. The van der Waals surface area contributed by atoms with Crippen molar-refractivity contribution in [3.8, 4) is 0 Å². The smallest absolute Gasteiger partial charge is 0.314 e. The van der Waals surface area contributed by atoms with E-state index in [0.717, 1.165) is 25.0 Å². The van der Waals surface area contributed by atoms with E-state index in [1.54, 1.807) is 0 Å². The van der Waals surface area contributed by atoms with E-state index < -0.39 is 5.97 Å². The van der Waals surface area contributed by atoms with Gasteiger partial charge in [0.05, 0.1) is 12.5 Å². The molecule has 2 atom stereocenters. The monoisotopic (exact) mass is 320 g/mol. The number of carboxylic acid groups (broad SMARTS) is 1. The summed E-state index contributed by atoms with van der Waals surface area (Å²) in [7, 11) is 0. The normalized spacial score (nSPS) is 20.7. The maximum atomic E-state index is 11.7. The molecule has 1 aromatic carbocycles. The molecule has 3 N–H and O–H groups in total. The van der Waals surface area contributed by atoms with Gasteiger partial charge in [0.25, 0.3) is 0 Å². The molecule has 1 fully saturated rings. The van der Waals surface area contributed by atoms with Crippen molar-refractivity contribution in [2.75, 3.05) is 19.7 Å². The van der Waals surface area contributed by atoms with E-state index in [-0.39, 0.29) is 31.0 Å². The molecule has 0 aliphatic carbocycles. The Morgan fingerprint density at radius 3 is 2.70 bits per heavy atom. The lowest BCUT2D eigenvalue weighted by Crippen LogP contribution is -2.41. The molecule has 1 heterocycles. The standard InChI is InChI=1S/C17H24N2O4/c1-12-4-6-13(7-5-12)16-14(3-2-10-23-16)11-19-17(22)18-9-8-15(20)21/h4-7,14,16H,2-3,8-11H2,1H3,(H,20,21)(H2,18,19,22). The van der Waals surface area contributed by atoms with E-state index in [4.69, 9.17) is 9.84 Å². The van der Waals surface area contributed by atoms with Gasteiger partial charge in [-0.05, 0) is 25.3 Å². The van der Waals surface area contributed by atoms with Gasteiger partial charge >= 0.3 is 12.0 Å². The third-order valence-electron chi connectivity index (χ3n) is 4.00. The third kappa shape index (κ3) is 5.56. The Balaban J connectivity index is 1.85. The summed E-state index contributed by atoms with van der Waals surface area (Å²) in [5.74, 6) is -0.706. The highest BCUT2D eigenvalue weighted by Crippen LogP contribution is 2.33. The quantitative estimate of drug-likeness (QED) is 0.750. The molecule has 2 unspecified atom stereocenters. The van der Waals surface area contributed by atoms with Gasteiger partial charge in [-0.1, -0.05) is 29.8 Å². The fraction of sp³-hybridized carbons (Fsp3) is 0.529. The predicted molar refractivity (Wildman–Crippen MR) is 86.3 cm³/mol. The number of amides is 2. The fourth-order valence-corrected chi connectivity index (χ4v) is 2.75. The van der Waals surface area contributed by atoms with Crippen LogP contribution in [-0.2, 0) is 9.53 Å². The Morgan fingerprint density at radius 1 is 1.26 bits per heavy atom. The summed E-state index contributed by atoms with van der Waals surface area (Å²) in [4.78, 5) is 22.1. The molecular weight excluding hydrogens is 296 g/mol. The van der Waals surface area contributed by atoms with E-state index in [9.17, 15) is 9.59 Å². The van der Waals surface area contributed by atoms with Crippen molar-refractivity contribution in [1.82, 2.24) is 10.6 Å². The van der Waals surface area contributed by atoms with Crippen LogP contribution >= 0.6 is 0 Å². The zero-order chi connectivity index (χ0) is 16.7. The number of benzene rings is 1. The topological polar surface area (TPSA) is 87.7 Å². The SMILES string of the molecule is Cc1ccc(C2OCCCC2CNC(=O)NCCC(=O)O)cc1. The second-order valence-corrected chi connectivity index (χ2v) is 5.88. The number of hydrogen-bond acceptors (Lipinski definition) is 3. The van der Waals surface area contributed by atoms with Gasteiger partial charge in [0.15, 0.2) is 0 Å². The Morgan fingerprint density at radius 2 is 2.00 bits per heavy atom. The Hall–Kier alpha value is -2.08. The molecule has 1 aromatic rings. The molecule has 6 heteroatoms. The Bertz CT molecular complexity index is 530. The minimum Gasteiger partial charge on any atom is -0.481 e. The lowest BCUT2D eigenvalue weighted by molar-refractivity contribution is -0.136. The second-order valence-electron chi connectivity index (χ2n) is 5.88. The van der Waals surface area contributed by atoms with Crippen molar-refractivity contribution < 1.29 is 19.4 Å². The van der Waals surface area contributed by atoms with E-state index in [0.29, 0.717) is 6.54 Å². The number of hydrogen-bond donors (Lipinski definition) is 3. The molecular formula is C17H24N2O4. The van der Waals surface area contributed by atoms with Crippen LogP contribution in [0.5, 0.6) is 0 Å². The summed E-state index contributed by atoms with van der Waals surface area (Å²) in [6, 6.07) is 7.95. The third-order valence-corrected chi connectivity index (χ3v) is 4.00. The van der Waals surface area contributed by atoms with E-state index in [1.165, 1.54) is 5.56 Å². The van der Waals surface area contributed by atoms with Crippen molar-refractivity contribution in [3.05, 3.63) is 35.4 Å². The first-order valence-corrected chi connectivity index (χ1v) is 7.98. The summed E-state index contributed by atoms with van der Waals surface area (Å²) in [6.07, 6.45) is 1.89. The van der Waals surface area contributed by atoms with Crippen LogP contribution in [0.25, 0.3) is 0 Å². The number of aryl methyl sites for hydroxylation is 1. The van der Waals surface area contributed by atoms with Crippen LogP contribution < -0.4 is 10.6 Å². The molecule has 1 aliphatic heterocycles. The van der Waals surface area contributed by atoms with Crippen LogP contribution in [0, 0.1) is 12.8 Å². The zero-order valence-corrected chi connectivity index (χ0v) is 13.4. The molecule has 23 heavy (non-hydrogen) atoms. The van der Waals surface area contributed by atoms with E-state index >= 15 is 0 Å². The first kappa shape index (κ1) is 17.3. The number of rotatable bonds is 6. The molecule has 126 valence electrons. The number of urea groups is 1. The molecule has 2 rings (SSSR count). The minimum absolute atomic E-state index is 0.0105. The van der Waals surface area contributed by atoms with Gasteiger partial charge in [-0.15, -0.1) is 0 Å². The van der Waals surface area contributed by atoms with Crippen LogP contribution in [0.15, 0.2) is 24.3 Å². The molecule has 0 saturated carbocycles. The maximum Gasteiger partial charge on any atom is 0.314 e. The molecule has 6 nitrogen and oxygen atoms in total. The largest absolute Gasteiger partial charge is 0.481 e. The highest BCUT2D eigenvalue weighted by molar-refractivity contribution is 5.74. The first-order valence-electron chi connectivity index (χ1n) is 7.98. The number of aliphatic carboxylic acids is 1. The van der Waals surface area contributed by atoms with Crippen LogP contribution in [0.1, 0.15) is 36.5 Å². The molecule has 0 bridgehead atoms. The molecule has 1 aliphatic rings. The van der Waals surface area contributed by atoms with Gasteiger partial charge in [0.2, 0.25) is 0 Å². The van der Waals surface area contributed by atoms with Crippen molar-refractivity contribution >= 4 is 12.0 Å². The molecule has 0 aromatic heterocycles. The van der Waals surface area contributed by atoms with Gasteiger partial charge in [0.1, 0.15) is 0 Å². The number of ether oxygens (including phenoxy) is 1. The Kier molecular flexibility index (Phi) is 6.40. The van der Waals surface area contributed by atoms with Gasteiger partial charge < -0.3 is 20.5 Å². The highest BCUT2D eigenvalue weighted by Gasteiger charge is 2.27. The fourth-order valence-electron chi connectivity index (χ4n) is 2.75. The van der Waals surface area contributed by atoms with Gasteiger partial charge in [-0.2, -0.15) is 0 Å². The van der Waals surface area contributed by atoms with Crippen LogP contribution in [0.4, 0.5) is 4.79 Å². The summed E-state index contributed by atoms with van der Waals surface area (Å²) in [6.45, 7) is 3.42. The van der Waals surface area contributed by atoms with Crippen molar-refractivity contribution in [3.63, 3.8) is 0 Å². The van der Waals surface area contributed by atoms with Crippen molar-refractivity contribution in [2.45, 2.75) is 32.3 Å². The summed E-state index contributed by atoms with van der Waals surface area (Å²) in [5.41, 5.74) is 2.34. The number of carbonyl (C=O) groups excluding carboxylic acids is 1. The van der Waals surface area contributed by atoms with E-state index in [2.05, 4.69) is 34.9 Å². The number of carbonyl (C=O) groups is 2. The van der Waals surface area contributed by atoms with Crippen molar-refractivity contribution in [2.24, 2.45) is 5.92 Å². The average molecular weight is 320 g/mol. The van der Waals surface area contributed by atoms with Crippen LogP contribution in [0.2, 0.25) is 0 Å². The molecule has 0 spiro atoms. The highest BCUT2D eigenvalue weighted by atomic mass is 16.5. The van der Waals surface area contributed by atoms with Gasteiger partial charge in [0, 0.05) is 25.6 Å². The lowest BCUT2D eigenvalue weighted by Gasteiger charge is -2.32. The second kappa shape index (κ2) is 8.53. The van der Waals surface area contributed by atoms with E-state index in [1.807, 2.05) is 6.92 Å². The summed E-state index contributed by atoms with van der Waals surface area (Å²) in [5, 5.41) is 13.9. The van der Waals surface area contributed by atoms with Gasteiger partial charge in [-0.25, -0.2) is 4.79 Å². The molecule has 2 amide bonds. The van der Waals surface area contributed by atoms with Crippen LogP contribution in [-0.4, -0.2) is 36.8 Å². The van der Waals surface area contributed by atoms with Gasteiger partial charge in [-0.3, -0.25) is 4.79 Å². The van der Waals surface area contributed by atoms with Crippen molar-refractivity contribution in [1.29, 1.82) is 0 Å². The average Bonchev–Trinajstić information content (AvgIpc) is 2.54. The first-order chi connectivity index (χ1) is 11.1. The molecule has 0 radical (unpaired) electrons. The molecule has 1 saturated heterocycles. The van der Waals surface area contributed by atoms with Crippen LogP contribution in [0.3, 0.4) is 0 Å². The lowest BCUT2D eigenvalue weighted by atomic mass is 9.89. The zero-order valence-electron chi connectivity index (χ0n) is 13.4.